The Kier molecular flexibility index (Phi) is 6.44. The highest BCUT2D eigenvalue weighted by Crippen LogP contribution is 2.29. The summed E-state index contributed by atoms with van der Waals surface area (Å²) in [6, 6.07) is 9.76. The van der Waals surface area contributed by atoms with Gasteiger partial charge in [0.2, 0.25) is 0 Å². The Morgan fingerprint density at radius 2 is 1.78 bits per heavy atom. The lowest BCUT2D eigenvalue weighted by molar-refractivity contribution is -0.143. The van der Waals surface area contributed by atoms with Crippen LogP contribution in [-0.2, 0) is 22.1 Å². The fourth-order valence-corrected chi connectivity index (χ4v) is 2.45. The molecule has 0 aliphatic rings. The van der Waals surface area contributed by atoms with Gasteiger partial charge in [-0.15, -0.1) is 0 Å². The van der Waals surface area contributed by atoms with Crippen LogP contribution in [0.2, 0.25) is 0 Å². The van der Waals surface area contributed by atoms with Crippen LogP contribution in [-0.4, -0.2) is 32.1 Å². The second-order valence-corrected chi connectivity index (χ2v) is 5.68. The molecular weight excluding hydrogens is 363 g/mol. The van der Waals surface area contributed by atoms with E-state index < -0.39 is 29.7 Å². The minimum Gasteiger partial charge on any atom is -0.497 e. The molecule has 0 saturated carbocycles. The smallest absolute Gasteiger partial charge is 0.416 e. The minimum absolute atomic E-state index is 0.0918. The maximum Gasteiger partial charge on any atom is 0.416 e. The van der Waals surface area contributed by atoms with Gasteiger partial charge >= 0.3 is 12.1 Å². The van der Waals surface area contributed by atoms with Gasteiger partial charge in [0, 0.05) is 12.0 Å². The molecule has 144 valence electrons. The van der Waals surface area contributed by atoms with Crippen molar-refractivity contribution in [1.29, 1.82) is 0 Å². The van der Waals surface area contributed by atoms with E-state index in [2.05, 4.69) is 5.32 Å². The Labute approximate surface area is 154 Å². The SMILES string of the molecule is COC(=O)[C@H](Cc1cccc(OC)c1)NC(=O)c1cccc(C(F)(F)F)c1. The van der Waals surface area contributed by atoms with Gasteiger partial charge in [0.25, 0.3) is 5.91 Å². The number of benzene rings is 2. The van der Waals surface area contributed by atoms with E-state index in [1.54, 1.807) is 24.3 Å². The lowest BCUT2D eigenvalue weighted by Gasteiger charge is -2.17. The number of amides is 1. The molecular formula is C19H18F3NO4. The van der Waals surface area contributed by atoms with Crippen LogP contribution in [0.25, 0.3) is 0 Å². The maximum absolute atomic E-state index is 12.8. The molecule has 0 fully saturated rings. The molecule has 5 nitrogen and oxygen atoms in total. The van der Waals surface area contributed by atoms with E-state index in [4.69, 9.17) is 9.47 Å². The molecule has 1 amide bonds. The van der Waals surface area contributed by atoms with Gasteiger partial charge in [0.1, 0.15) is 11.8 Å². The second-order valence-electron chi connectivity index (χ2n) is 5.68. The van der Waals surface area contributed by atoms with Crippen molar-refractivity contribution in [3.63, 3.8) is 0 Å². The van der Waals surface area contributed by atoms with E-state index in [0.29, 0.717) is 11.3 Å². The Morgan fingerprint density at radius 3 is 2.41 bits per heavy atom. The van der Waals surface area contributed by atoms with E-state index in [-0.39, 0.29) is 12.0 Å². The molecule has 2 aromatic rings. The molecule has 0 aliphatic heterocycles. The summed E-state index contributed by atoms with van der Waals surface area (Å²) in [6.45, 7) is 0. The summed E-state index contributed by atoms with van der Waals surface area (Å²) in [7, 11) is 2.66. The van der Waals surface area contributed by atoms with Crippen LogP contribution in [0.3, 0.4) is 0 Å². The first kappa shape index (κ1) is 20.3. The largest absolute Gasteiger partial charge is 0.497 e. The number of methoxy groups -OCH3 is 2. The third kappa shape index (κ3) is 5.47. The molecule has 1 atom stereocenters. The van der Waals surface area contributed by atoms with Crippen LogP contribution in [0, 0.1) is 0 Å². The highest BCUT2D eigenvalue weighted by molar-refractivity contribution is 5.97. The summed E-state index contributed by atoms with van der Waals surface area (Å²) in [5.41, 5.74) is -0.462. The molecule has 0 radical (unpaired) electrons. The van der Waals surface area contributed by atoms with Crippen molar-refractivity contribution in [3.8, 4) is 5.75 Å². The number of ether oxygens (including phenoxy) is 2. The molecule has 2 rings (SSSR count). The van der Waals surface area contributed by atoms with Crippen molar-refractivity contribution in [2.45, 2.75) is 18.6 Å². The highest BCUT2D eigenvalue weighted by Gasteiger charge is 2.31. The third-order valence-corrected chi connectivity index (χ3v) is 3.82. The summed E-state index contributed by atoms with van der Waals surface area (Å²) in [4.78, 5) is 24.4. The van der Waals surface area contributed by atoms with Crippen LogP contribution < -0.4 is 10.1 Å². The Morgan fingerprint density at radius 1 is 1.07 bits per heavy atom. The van der Waals surface area contributed by atoms with Crippen molar-refractivity contribution in [3.05, 3.63) is 65.2 Å². The zero-order valence-electron chi connectivity index (χ0n) is 14.7. The molecule has 0 bridgehead atoms. The zero-order chi connectivity index (χ0) is 20.0. The first-order valence-electron chi connectivity index (χ1n) is 7.93. The molecule has 0 aliphatic carbocycles. The highest BCUT2D eigenvalue weighted by atomic mass is 19.4. The quantitative estimate of drug-likeness (QED) is 0.781. The van der Waals surface area contributed by atoms with Gasteiger partial charge in [-0.25, -0.2) is 4.79 Å². The predicted octanol–water partition coefficient (Wildman–Crippen LogP) is 3.23. The van der Waals surface area contributed by atoms with Gasteiger partial charge < -0.3 is 14.8 Å². The van der Waals surface area contributed by atoms with Gasteiger partial charge in [0.15, 0.2) is 0 Å². The van der Waals surface area contributed by atoms with E-state index in [9.17, 15) is 22.8 Å². The number of halogens is 3. The molecule has 8 heteroatoms. The van der Waals surface area contributed by atoms with Crippen molar-refractivity contribution < 1.29 is 32.2 Å². The van der Waals surface area contributed by atoms with Crippen LogP contribution in [0.1, 0.15) is 21.5 Å². The lowest BCUT2D eigenvalue weighted by Crippen LogP contribution is -2.43. The number of esters is 1. The van der Waals surface area contributed by atoms with Gasteiger partial charge in [-0.05, 0) is 35.9 Å². The number of alkyl halides is 3. The second kappa shape index (κ2) is 8.57. The van der Waals surface area contributed by atoms with Crippen LogP contribution in [0.4, 0.5) is 13.2 Å². The van der Waals surface area contributed by atoms with Crippen LogP contribution >= 0.6 is 0 Å². The maximum atomic E-state index is 12.8. The molecule has 0 saturated heterocycles. The van der Waals surface area contributed by atoms with Crippen LogP contribution in [0.15, 0.2) is 48.5 Å². The monoisotopic (exact) mass is 381 g/mol. The van der Waals surface area contributed by atoms with Gasteiger partial charge in [-0.1, -0.05) is 18.2 Å². The number of nitrogens with one attached hydrogen (secondary N) is 1. The average Bonchev–Trinajstić information content (AvgIpc) is 2.66. The summed E-state index contributed by atoms with van der Waals surface area (Å²) in [5.74, 6) is -0.946. The molecule has 2 aromatic carbocycles. The summed E-state index contributed by atoms with van der Waals surface area (Å²) in [6.07, 6.45) is -4.48. The van der Waals surface area contributed by atoms with E-state index >= 15 is 0 Å². The number of rotatable bonds is 6. The van der Waals surface area contributed by atoms with Crippen molar-refractivity contribution in [2.75, 3.05) is 14.2 Å². The van der Waals surface area contributed by atoms with Gasteiger partial charge in [-0.2, -0.15) is 13.2 Å². The van der Waals surface area contributed by atoms with E-state index in [1.165, 1.54) is 13.2 Å². The number of hydrogen-bond donors (Lipinski definition) is 1. The third-order valence-electron chi connectivity index (χ3n) is 3.82. The fourth-order valence-electron chi connectivity index (χ4n) is 2.45. The average molecular weight is 381 g/mol. The van der Waals surface area contributed by atoms with E-state index in [0.717, 1.165) is 25.3 Å². The van der Waals surface area contributed by atoms with Gasteiger partial charge in [0.05, 0.1) is 19.8 Å². The molecule has 0 spiro atoms. The number of carbonyl (C=O) groups is 2. The number of hydrogen-bond acceptors (Lipinski definition) is 4. The predicted molar refractivity (Wildman–Crippen MR) is 91.4 cm³/mol. The standard InChI is InChI=1S/C19H18F3NO4/c1-26-15-8-3-5-12(9-15)10-16(18(25)27-2)23-17(24)13-6-4-7-14(11-13)19(20,21)22/h3-9,11,16H,10H2,1-2H3,(H,23,24)/t16-/m0/s1. The zero-order valence-corrected chi connectivity index (χ0v) is 14.7. The number of carbonyl (C=O) groups excluding carboxylic acids is 2. The lowest BCUT2D eigenvalue weighted by atomic mass is 10.0. The molecule has 0 aromatic heterocycles. The Bertz CT molecular complexity index is 821. The summed E-state index contributed by atoms with van der Waals surface area (Å²) < 4.78 is 48.3. The van der Waals surface area contributed by atoms with Crippen molar-refractivity contribution >= 4 is 11.9 Å². The van der Waals surface area contributed by atoms with Crippen LogP contribution in [0.5, 0.6) is 5.75 Å². The van der Waals surface area contributed by atoms with Gasteiger partial charge in [-0.3, -0.25) is 4.79 Å². The summed E-state index contributed by atoms with van der Waals surface area (Å²) >= 11 is 0. The first-order chi connectivity index (χ1) is 12.7. The topological polar surface area (TPSA) is 64.6 Å². The van der Waals surface area contributed by atoms with Crippen molar-refractivity contribution in [1.82, 2.24) is 5.32 Å². The summed E-state index contributed by atoms with van der Waals surface area (Å²) in [5, 5.41) is 2.43. The van der Waals surface area contributed by atoms with E-state index in [1.807, 2.05) is 0 Å². The molecule has 0 unspecified atom stereocenters. The minimum atomic E-state index is -4.57. The fraction of sp³-hybridized carbons (Fsp3) is 0.263. The normalized spacial score (nSPS) is 12.2. The van der Waals surface area contributed by atoms with Crippen molar-refractivity contribution in [2.24, 2.45) is 0 Å². The Balaban J connectivity index is 2.20. The molecule has 0 heterocycles. The molecule has 27 heavy (non-hydrogen) atoms. The molecule has 1 N–H and O–H groups in total. The Hall–Kier alpha value is -3.03. The first-order valence-corrected chi connectivity index (χ1v) is 7.93.